The minimum atomic E-state index is -0.477. The Morgan fingerprint density at radius 1 is 1.50 bits per heavy atom. The number of hydrogen-bond donors (Lipinski definition) is 1. The molecule has 1 aromatic carbocycles. The lowest BCUT2D eigenvalue weighted by Crippen LogP contribution is -1.98. The SMILES string of the molecule is CCCOc1ccc(Br)c(C(C)O)c1. The fourth-order valence-electron chi connectivity index (χ4n) is 1.15. The van der Waals surface area contributed by atoms with Gasteiger partial charge in [0.15, 0.2) is 0 Å². The van der Waals surface area contributed by atoms with E-state index in [2.05, 4.69) is 22.9 Å². The number of ether oxygens (including phenoxy) is 1. The normalized spacial score (nSPS) is 12.6. The minimum absolute atomic E-state index is 0.477. The van der Waals surface area contributed by atoms with Gasteiger partial charge in [0.2, 0.25) is 0 Å². The van der Waals surface area contributed by atoms with E-state index in [0.717, 1.165) is 22.2 Å². The quantitative estimate of drug-likeness (QED) is 0.899. The highest BCUT2D eigenvalue weighted by Gasteiger charge is 2.07. The molecule has 0 radical (unpaired) electrons. The minimum Gasteiger partial charge on any atom is -0.494 e. The predicted molar refractivity (Wildman–Crippen MR) is 60.6 cm³/mol. The van der Waals surface area contributed by atoms with Crippen LogP contribution in [0.15, 0.2) is 22.7 Å². The van der Waals surface area contributed by atoms with Gasteiger partial charge in [-0.25, -0.2) is 0 Å². The maximum absolute atomic E-state index is 9.47. The van der Waals surface area contributed by atoms with Gasteiger partial charge in [0.05, 0.1) is 12.7 Å². The van der Waals surface area contributed by atoms with E-state index >= 15 is 0 Å². The van der Waals surface area contributed by atoms with Gasteiger partial charge in [-0.3, -0.25) is 0 Å². The lowest BCUT2D eigenvalue weighted by Gasteiger charge is -2.10. The topological polar surface area (TPSA) is 29.5 Å². The Kier molecular flexibility index (Phi) is 4.42. The van der Waals surface area contributed by atoms with Gasteiger partial charge in [0.25, 0.3) is 0 Å². The number of aliphatic hydroxyl groups excluding tert-OH is 1. The lowest BCUT2D eigenvalue weighted by atomic mass is 10.1. The highest BCUT2D eigenvalue weighted by atomic mass is 79.9. The molecule has 0 amide bonds. The summed E-state index contributed by atoms with van der Waals surface area (Å²) in [6.07, 6.45) is 0.509. The van der Waals surface area contributed by atoms with Crippen LogP contribution in [0.4, 0.5) is 0 Å². The zero-order valence-corrected chi connectivity index (χ0v) is 10.0. The molecule has 78 valence electrons. The first-order chi connectivity index (χ1) is 6.65. The van der Waals surface area contributed by atoms with Gasteiger partial charge in [-0.2, -0.15) is 0 Å². The van der Waals surface area contributed by atoms with Gasteiger partial charge >= 0.3 is 0 Å². The molecule has 3 heteroatoms. The molecule has 1 aromatic rings. The maximum Gasteiger partial charge on any atom is 0.119 e. The Balaban J connectivity index is 2.83. The summed E-state index contributed by atoms with van der Waals surface area (Å²) >= 11 is 3.38. The zero-order valence-electron chi connectivity index (χ0n) is 8.46. The Hall–Kier alpha value is -0.540. The van der Waals surface area contributed by atoms with Gasteiger partial charge in [-0.05, 0) is 37.1 Å². The van der Waals surface area contributed by atoms with Crippen molar-refractivity contribution in [3.63, 3.8) is 0 Å². The molecule has 0 heterocycles. The summed E-state index contributed by atoms with van der Waals surface area (Å²) in [6, 6.07) is 5.66. The summed E-state index contributed by atoms with van der Waals surface area (Å²) in [6.45, 7) is 4.51. The van der Waals surface area contributed by atoms with Crippen molar-refractivity contribution in [2.24, 2.45) is 0 Å². The molecule has 14 heavy (non-hydrogen) atoms. The smallest absolute Gasteiger partial charge is 0.119 e. The van der Waals surface area contributed by atoms with E-state index in [9.17, 15) is 5.11 Å². The zero-order chi connectivity index (χ0) is 10.6. The number of halogens is 1. The van der Waals surface area contributed by atoms with Gasteiger partial charge in [-0.1, -0.05) is 22.9 Å². The molecule has 0 aromatic heterocycles. The van der Waals surface area contributed by atoms with Crippen molar-refractivity contribution < 1.29 is 9.84 Å². The first kappa shape index (κ1) is 11.5. The van der Waals surface area contributed by atoms with Crippen LogP contribution in [0.3, 0.4) is 0 Å². The van der Waals surface area contributed by atoms with E-state index in [0.29, 0.717) is 6.61 Å². The second-order valence-corrected chi connectivity index (χ2v) is 4.06. The van der Waals surface area contributed by atoms with Crippen molar-refractivity contribution in [3.05, 3.63) is 28.2 Å². The molecule has 0 saturated carbocycles. The van der Waals surface area contributed by atoms with Crippen molar-refractivity contribution in [2.45, 2.75) is 26.4 Å². The van der Waals surface area contributed by atoms with E-state index in [1.54, 1.807) is 6.92 Å². The molecule has 0 saturated heterocycles. The summed E-state index contributed by atoms with van der Waals surface area (Å²) in [5, 5.41) is 9.47. The monoisotopic (exact) mass is 258 g/mol. The number of hydrogen-bond acceptors (Lipinski definition) is 2. The van der Waals surface area contributed by atoms with E-state index in [1.807, 2.05) is 18.2 Å². The molecule has 0 fully saturated rings. The Bertz CT molecular complexity index is 297. The van der Waals surface area contributed by atoms with Crippen LogP contribution in [0.2, 0.25) is 0 Å². The molecule has 1 rings (SSSR count). The van der Waals surface area contributed by atoms with Crippen molar-refractivity contribution in [3.8, 4) is 5.75 Å². The highest BCUT2D eigenvalue weighted by Crippen LogP contribution is 2.27. The lowest BCUT2D eigenvalue weighted by molar-refractivity contribution is 0.197. The Morgan fingerprint density at radius 2 is 2.21 bits per heavy atom. The molecular formula is C11H15BrO2. The first-order valence-corrected chi connectivity index (χ1v) is 5.54. The third-order valence-electron chi connectivity index (χ3n) is 1.89. The molecule has 1 N–H and O–H groups in total. The largest absolute Gasteiger partial charge is 0.494 e. The fourth-order valence-corrected chi connectivity index (χ4v) is 1.73. The second kappa shape index (κ2) is 5.37. The first-order valence-electron chi connectivity index (χ1n) is 4.75. The summed E-state index contributed by atoms with van der Waals surface area (Å²) < 4.78 is 6.38. The number of benzene rings is 1. The molecule has 0 aliphatic heterocycles. The van der Waals surface area contributed by atoms with Crippen LogP contribution in [-0.4, -0.2) is 11.7 Å². The predicted octanol–water partition coefficient (Wildman–Crippen LogP) is 3.29. The molecule has 1 atom stereocenters. The van der Waals surface area contributed by atoms with Gasteiger partial charge in [0.1, 0.15) is 5.75 Å². The van der Waals surface area contributed by atoms with Gasteiger partial charge < -0.3 is 9.84 Å². The van der Waals surface area contributed by atoms with Crippen LogP contribution in [0, 0.1) is 0 Å². The molecule has 1 unspecified atom stereocenters. The summed E-state index contributed by atoms with van der Waals surface area (Å²) in [5.74, 6) is 0.811. The number of rotatable bonds is 4. The van der Waals surface area contributed by atoms with Crippen molar-refractivity contribution in [1.29, 1.82) is 0 Å². The summed E-state index contributed by atoms with van der Waals surface area (Å²) in [4.78, 5) is 0. The second-order valence-electron chi connectivity index (χ2n) is 3.21. The van der Waals surface area contributed by atoms with Crippen LogP contribution in [0.1, 0.15) is 31.9 Å². The summed E-state index contributed by atoms with van der Waals surface area (Å²) in [7, 11) is 0. The third-order valence-corrected chi connectivity index (χ3v) is 2.61. The summed E-state index contributed by atoms with van der Waals surface area (Å²) in [5.41, 5.74) is 0.860. The maximum atomic E-state index is 9.47. The fraction of sp³-hybridized carbons (Fsp3) is 0.455. The molecule has 0 aliphatic carbocycles. The van der Waals surface area contributed by atoms with Crippen molar-refractivity contribution >= 4 is 15.9 Å². The average molecular weight is 259 g/mol. The van der Waals surface area contributed by atoms with Crippen molar-refractivity contribution in [1.82, 2.24) is 0 Å². The van der Waals surface area contributed by atoms with Gasteiger partial charge in [-0.15, -0.1) is 0 Å². The molecule has 2 nitrogen and oxygen atoms in total. The Morgan fingerprint density at radius 3 is 2.79 bits per heavy atom. The van der Waals surface area contributed by atoms with Crippen LogP contribution in [-0.2, 0) is 0 Å². The molecule has 0 bridgehead atoms. The van der Waals surface area contributed by atoms with Crippen molar-refractivity contribution in [2.75, 3.05) is 6.61 Å². The standard InChI is InChI=1S/C11H15BrO2/c1-3-6-14-9-4-5-11(12)10(7-9)8(2)13/h4-5,7-8,13H,3,6H2,1-2H3. The van der Waals surface area contributed by atoms with E-state index in [4.69, 9.17) is 4.74 Å². The van der Waals surface area contributed by atoms with Gasteiger partial charge in [0, 0.05) is 4.47 Å². The van der Waals surface area contributed by atoms with E-state index < -0.39 is 6.10 Å². The number of aliphatic hydroxyl groups is 1. The molecule has 0 aliphatic rings. The van der Waals surface area contributed by atoms with E-state index in [-0.39, 0.29) is 0 Å². The third kappa shape index (κ3) is 3.00. The average Bonchev–Trinajstić information content (AvgIpc) is 2.16. The van der Waals surface area contributed by atoms with Crippen LogP contribution >= 0.6 is 15.9 Å². The van der Waals surface area contributed by atoms with Crippen LogP contribution in [0.5, 0.6) is 5.75 Å². The highest BCUT2D eigenvalue weighted by molar-refractivity contribution is 9.10. The molecular weight excluding hydrogens is 244 g/mol. The van der Waals surface area contributed by atoms with Crippen LogP contribution in [0.25, 0.3) is 0 Å². The molecule has 0 spiro atoms. The van der Waals surface area contributed by atoms with Crippen LogP contribution < -0.4 is 4.74 Å². The van der Waals surface area contributed by atoms with E-state index in [1.165, 1.54) is 0 Å². The Labute approximate surface area is 93.0 Å².